The smallest absolute Gasteiger partial charge is 0.287 e. The standard InChI is InChI=1S/C25H22N2O4S/c28-22-15-16-23(32-25(30)26-24(29)19-7-3-1-4-8-19)27(22)17-18-11-13-21(14-12-18)31-20-9-5-2-6-10-20/h1-14,23H,15-17H2,(H,26,29,30). The van der Waals surface area contributed by atoms with E-state index in [1.807, 2.05) is 54.6 Å². The summed E-state index contributed by atoms with van der Waals surface area (Å²) in [6.45, 7) is 0.391. The summed E-state index contributed by atoms with van der Waals surface area (Å²) >= 11 is 0.976. The zero-order valence-electron chi connectivity index (χ0n) is 17.3. The highest BCUT2D eigenvalue weighted by molar-refractivity contribution is 8.14. The van der Waals surface area contributed by atoms with Crippen LogP contribution in [0.1, 0.15) is 28.8 Å². The van der Waals surface area contributed by atoms with E-state index in [1.165, 1.54) is 0 Å². The molecule has 1 atom stereocenters. The normalized spacial score (nSPS) is 15.4. The highest BCUT2D eigenvalue weighted by Gasteiger charge is 2.33. The first-order valence-corrected chi connectivity index (χ1v) is 11.1. The van der Waals surface area contributed by atoms with Gasteiger partial charge in [-0.1, -0.05) is 48.5 Å². The van der Waals surface area contributed by atoms with Gasteiger partial charge in [-0.05, 0) is 60.1 Å². The summed E-state index contributed by atoms with van der Waals surface area (Å²) in [4.78, 5) is 38.7. The molecule has 1 aliphatic rings. The Morgan fingerprint density at radius 1 is 0.906 bits per heavy atom. The molecule has 1 saturated heterocycles. The van der Waals surface area contributed by atoms with Gasteiger partial charge in [0, 0.05) is 18.5 Å². The van der Waals surface area contributed by atoms with Crippen molar-refractivity contribution >= 4 is 28.8 Å². The molecule has 3 amide bonds. The van der Waals surface area contributed by atoms with Gasteiger partial charge in [0.15, 0.2) is 0 Å². The number of nitrogens with one attached hydrogen (secondary N) is 1. The largest absolute Gasteiger partial charge is 0.457 e. The number of benzene rings is 3. The molecule has 4 rings (SSSR count). The second-order valence-corrected chi connectivity index (χ2v) is 8.45. The van der Waals surface area contributed by atoms with E-state index in [1.54, 1.807) is 35.2 Å². The Bertz CT molecular complexity index is 1090. The van der Waals surface area contributed by atoms with E-state index in [0.717, 1.165) is 23.1 Å². The second-order valence-electron chi connectivity index (χ2n) is 7.30. The minimum atomic E-state index is -0.463. The third-order valence-corrected chi connectivity index (χ3v) is 6.10. The molecule has 0 spiro atoms. The summed E-state index contributed by atoms with van der Waals surface area (Å²) in [5.41, 5.74) is 1.35. The van der Waals surface area contributed by atoms with E-state index in [-0.39, 0.29) is 11.3 Å². The fourth-order valence-corrected chi connectivity index (χ4v) is 4.36. The lowest BCUT2D eigenvalue weighted by atomic mass is 10.2. The molecule has 7 heteroatoms. The fraction of sp³-hybridized carbons (Fsp3) is 0.160. The van der Waals surface area contributed by atoms with Crippen LogP contribution >= 0.6 is 11.8 Å². The van der Waals surface area contributed by atoms with E-state index < -0.39 is 11.1 Å². The lowest BCUT2D eigenvalue weighted by Crippen LogP contribution is -2.34. The number of carbonyl (C=O) groups excluding carboxylic acids is 3. The predicted octanol–water partition coefficient (Wildman–Crippen LogP) is 5.21. The first-order valence-electron chi connectivity index (χ1n) is 10.3. The third-order valence-electron chi connectivity index (χ3n) is 5.02. The van der Waals surface area contributed by atoms with E-state index in [0.29, 0.717) is 30.7 Å². The summed E-state index contributed by atoms with van der Waals surface area (Å²) in [7, 11) is 0. The summed E-state index contributed by atoms with van der Waals surface area (Å²) in [5.74, 6) is 1.00. The van der Waals surface area contributed by atoms with Crippen LogP contribution in [0, 0.1) is 0 Å². The fourth-order valence-electron chi connectivity index (χ4n) is 3.41. The number of thioether (sulfide) groups is 1. The number of hydrogen-bond acceptors (Lipinski definition) is 5. The summed E-state index contributed by atoms with van der Waals surface area (Å²) < 4.78 is 5.80. The molecule has 3 aromatic rings. The highest BCUT2D eigenvalue weighted by atomic mass is 32.2. The van der Waals surface area contributed by atoms with Gasteiger partial charge < -0.3 is 9.64 Å². The molecular formula is C25H22N2O4S. The van der Waals surface area contributed by atoms with Gasteiger partial charge in [0.2, 0.25) is 5.91 Å². The summed E-state index contributed by atoms with van der Waals surface area (Å²) in [6, 6.07) is 25.6. The van der Waals surface area contributed by atoms with Crippen molar-refractivity contribution in [3.63, 3.8) is 0 Å². The van der Waals surface area contributed by atoms with Gasteiger partial charge in [-0.15, -0.1) is 0 Å². The van der Waals surface area contributed by atoms with Crippen molar-refractivity contribution < 1.29 is 19.1 Å². The zero-order valence-corrected chi connectivity index (χ0v) is 18.1. The molecule has 3 aromatic carbocycles. The van der Waals surface area contributed by atoms with Gasteiger partial charge >= 0.3 is 0 Å². The molecule has 0 saturated carbocycles. The monoisotopic (exact) mass is 446 g/mol. The number of carbonyl (C=O) groups is 3. The SMILES string of the molecule is O=C(NC(=O)c1ccccc1)SC1CCC(=O)N1Cc1ccc(Oc2ccccc2)cc1. The molecule has 32 heavy (non-hydrogen) atoms. The van der Waals surface area contributed by atoms with Gasteiger partial charge in [-0.3, -0.25) is 19.7 Å². The Morgan fingerprint density at radius 2 is 1.53 bits per heavy atom. The van der Waals surface area contributed by atoms with Gasteiger partial charge in [0.25, 0.3) is 11.1 Å². The number of amides is 3. The average Bonchev–Trinajstić information content (AvgIpc) is 3.15. The van der Waals surface area contributed by atoms with Crippen LogP contribution in [0.15, 0.2) is 84.9 Å². The van der Waals surface area contributed by atoms with E-state index in [9.17, 15) is 14.4 Å². The van der Waals surface area contributed by atoms with Crippen molar-refractivity contribution in [3.8, 4) is 11.5 Å². The number of ether oxygens (including phenoxy) is 1. The number of likely N-dealkylation sites (tertiary alicyclic amines) is 1. The van der Waals surface area contributed by atoms with Crippen molar-refractivity contribution in [2.75, 3.05) is 0 Å². The van der Waals surface area contributed by atoms with Gasteiger partial charge in [0.1, 0.15) is 11.5 Å². The van der Waals surface area contributed by atoms with Crippen LogP contribution in [0.25, 0.3) is 0 Å². The van der Waals surface area contributed by atoms with Crippen LogP contribution in [-0.4, -0.2) is 27.3 Å². The maximum atomic E-state index is 12.4. The first kappa shape index (κ1) is 21.6. The maximum Gasteiger partial charge on any atom is 0.287 e. The van der Waals surface area contributed by atoms with Crippen LogP contribution in [0.4, 0.5) is 4.79 Å². The Kier molecular flexibility index (Phi) is 6.87. The molecule has 1 unspecified atom stereocenters. The van der Waals surface area contributed by atoms with Crippen molar-refractivity contribution in [1.82, 2.24) is 10.2 Å². The number of nitrogens with zero attached hydrogens (tertiary/aromatic N) is 1. The number of rotatable bonds is 6. The van der Waals surface area contributed by atoms with Gasteiger partial charge in [-0.25, -0.2) is 0 Å². The molecule has 6 nitrogen and oxygen atoms in total. The van der Waals surface area contributed by atoms with Crippen LogP contribution in [0.5, 0.6) is 11.5 Å². The molecule has 1 heterocycles. The van der Waals surface area contributed by atoms with Crippen LogP contribution in [-0.2, 0) is 11.3 Å². The van der Waals surface area contributed by atoms with Crippen LogP contribution in [0.3, 0.4) is 0 Å². The average molecular weight is 447 g/mol. The lowest BCUT2D eigenvalue weighted by molar-refractivity contribution is -0.128. The molecule has 1 aliphatic heterocycles. The zero-order chi connectivity index (χ0) is 22.3. The predicted molar refractivity (Wildman–Crippen MR) is 123 cm³/mol. The molecule has 0 radical (unpaired) electrons. The third kappa shape index (κ3) is 5.56. The van der Waals surface area contributed by atoms with Crippen molar-refractivity contribution in [2.24, 2.45) is 0 Å². The molecule has 0 aromatic heterocycles. The molecule has 162 valence electrons. The van der Waals surface area contributed by atoms with Crippen LogP contribution < -0.4 is 10.1 Å². The quantitative estimate of drug-likeness (QED) is 0.563. The number of para-hydroxylation sites is 1. The van der Waals surface area contributed by atoms with E-state index in [2.05, 4.69) is 5.32 Å². The van der Waals surface area contributed by atoms with Crippen molar-refractivity contribution in [3.05, 3.63) is 96.1 Å². The minimum Gasteiger partial charge on any atom is -0.457 e. The van der Waals surface area contributed by atoms with Gasteiger partial charge in [0.05, 0.1) is 5.37 Å². The Balaban J connectivity index is 1.34. The lowest BCUT2D eigenvalue weighted by Gasteiger charge is -2.24. The van der Waals surface area contributed by atoms with Crippen molar-refractivity contribution in [2.45, 2.75) is 24.8 Å². The van der Waals surface area contributed by atoms with Gasteiger partial charge in [-0.2, -0.15) is 0 Å². The first-order chi connectivity index (χ1) is 15.6. The molecule has 0 aliphatic carbocycles. The van der Waals surface area contributed by atoms with E-state index >= 15 is 0 Å². The second kappa shape index (κ2) is 10.2. The Morgan fingerprint density at radius 3 is 2.22 bits per heavy atom. The van der Waals surface area contributed by atoms with Crippen molar-refractivity contribution in [1.29, 1.82) is 0 Å². The Hall–Kier alpha value is -3.58. The Labute approximate surface area is 190 Å². The maximum absolute atomic E-state index is 12.4. The summed E-state index contributed by atoms with van der Waals surface area (Å²) in [6.07, 6.45) is 0.943. The minimum absolute atomic E-state index is 0.00528. The highest BCUT2D eigenvalue weighted by Crippen LogP contribution is 2.31. The van der Waals surface area contributed by atoms with E-state index in [4.69, 9.17) is 4.74 Å². The number of imide groups is 1. The molecule has 1 N–H and O–H groups in total. The molecule has 1 fully saturated rings. The molecule has 0 bridgehead atoms. The number of hydrogen-bond donors (Lipinski definition) is 1. The summed E-state index contributed by atoms with van der Waals surface area (Å²) in [5, 5.41) is 1.61. The topological polar surface area (TPSA) is 75.7 Å². The molecular weight excluding hydrogens is 424 g/mol. The van der Waals surface area contributed by atoms with Crippen LogP contribution in [0.2, 0.25) is 0 Å².